The van der Waals surface area contributed by atoms with Gasteiger partial charge in [0.2, 0.25) is 0 Å². The van der Waals surface area contributed by atoms with Crippen LogP contribution in [0.3, 0.4) is 0 Å². The van der Waals surface area contributed by atoms with Crippen molar-refractivity contribution in [2.75, 3.05) is 32.7 Å². The van der Waals surface area contributed by atoms with E-state index in [-0.39, 0.29) is 23.9 Å². The SMILES string of the molecule is Fc1ccc([C@H]2c3ccccc3CCN2C2=NC[C@@H](C3CN4CCC3(F)CC4)O2)cc1. The molecule has 7 rings (SSSR count). The third-order valence-electron chi connectivity index (χ3n) is 7.63. The quantitative estimate of drug-likeness (QED) is 0.732. The molecule has 2 aromatic rings. The van der Waals surface area contributed by atoms with Gasteiger partial charge in [0, 0.05) is 32.1 Å². The first kappa shape index (κ1) is 19.2. The van der Waals surface area contributed by atoms with E-state index in [9.17, 15) is 4.39 Å². The molecule has 0 amide bonds. The summed E-state index contributed by atoms with van der Waals surface area (Å²) < 4.78 is 35.6. The summed E-state index contributed by atoms with van der Waals surface area (Å²) in [4.78, 5) is 9.29. The van der Waals surface area contributed by atoms with Crippen molar-refractivity contribution in [2.24, 2.45) is 10.9 Å². The fourth-order valence-electron chi connectivity index (χ4n) is 5.89. The van der Waals surface area contributed by atoms with Crippen LogP contribution in [0.25, 0.3) is 0 Å². The zero-order valence-corrected chi connectivity index (χ0v) is 17.5. The monoisotopic (exact) mass is 423 g/mol. The highest BCUT2D eigenvalue weighted by Crippen LogP contribution is 2.44. The maximum Gasteiger partial charge on any atom is 0.288 e. The van der Waals surface area contributed by atoms with Crippen molar-refractivity contribution in [3.63, 3.8) is 0 Å². The highest BCUT2D eigenvalue weighted by atomic mass is 19.1. The summed E-state index contributed by atoms with van der Waals surface area (Å²) in [6.07, 6.45) is 1.88. The Hall–Kier alpha value is -2.47. The number of hydrogen-bond acceptors (Lipinski definition) is 4. The number of piperidine rings is 3. The van der Waals surface area contributed by atoms with Crippen LogP contribution >= 0.6 is 0 Å². The highest BCUT2D eigenvalue weighted by molar-refractivity contribution is 5.77. The van der Waals surface area contributed by atoms with Crippen LogP contribution in [0, 0.1) is 11.7 Å². The summed E-state index contributed by atoms with van der Waals surface area (Å²) in [6, 6.07) is 15.6. The minimum atomic E-state index is -1.13. The normalized spacial score (nSPS) is 34.3. The largest absolute Gasteiger partial charge is 0.459 e. The molecule has 5 heterocycles. The molecule has 6 heteroatoms. The molecule has 3 atom stereocenters. The zero-order chi connectivity index (χ0) is 21.0. The summed E-state index contributed by atoms with van der Waals surface area (Å²) in [5.41, 5.74) is 2.37. The van der Waals surface area contributed by atoms with E-state index >= 15 is 4.39 Å². The number of fused-ring (bicyclic) bond motifs is 4. The number of aliphatic imine (C=N–C) groups is 1. The second-order valence-corrected chi connectivity index (χ2v) is 9.32. The number of rotatable bonds is 2. The van der Waals surface area contributed by atoms with E-state index in [0.717, 1.165) is 38.2 Å². The number of ether oxygens (including phenoxy) is 1. The van der Waals surface area contributed by atoms with Crippen molar-refractivity contribution in [2.45, 2.75) is 37.1 Å². The van der Waals surface area contributed by atoms with Crippen LogP contribution in [-0.4, -0.2) is 60.3 Å². The summed E-state index contributed by atoms with van der Waals surface area (Å²) in [5.74, 6) is -0.373. The minimum Gasteiger partial charge on any atom is -0.459 e. The van der Waals surface area contributed by atoms with E-state index in [1.54, 1.807) is 0 Å². The predicted octanol–water partition coefficient (Wildman–Crippen LogP) is 3.96. The third kappa shape index (κ3) is 3.23. The van der Waals surface area contributed by atoms with Crippen LogP contribution in [0.1, 0.15) is 35.6 Å². The molecule has 0 aliphatic carbocycles. The Morgan fingerprint density at radius 3 is 2.55 bits per heavy atom. The molecule has 0 aromatic heterocycles. The first-order valence-electron chi connectivity index (χ1n) is 11.3. The lowest BCUT2D eigenvalue weighted by Crippen LogP contribution is -2.60. The van der Waals surface area contributed by atoms with Gasteiger partial charge in [-0.1, -0.05) is 36.4 Å². The van der Waals surface area contributed by atoms with Gasteiger partial charge in [-0.15, -0.1) is 0 Å². The van der Waals surface area contributed by atoms with Crippen LogP contribution < -0.4 is 0 Å². The standard InChI is InChI=1S/C25H27F2N3O/c26-19-7-5-18(6-8-19)23-20-4-2-1-3-17(20)9-12-30(23)24-28-15-22(31-24)21-16-29-13-10-25(21,27)11-14-29/h1-8,21-23H,9-16H2/t21?,22-,23-/m0/s1. The predicted molar refractivity (Wildman–Crippen MR) is 115 cm³/mol. The van der Waals surface area contributed by atoms with Crippen LogP contribution in [0.2, 0.25) is 0 Å². The third-order valence-corrected chi connectivity index (χ3v) is 7.63. The Labute approximate surface area is 181 Å². The first-order chi connectivity index (χ1) is 15.1. The Balaban J connectivity index is 1.29. The zero-order valence-electron chi connectivity index (χ0n) is 17.5. The van der Waals surface area contributed by atoms with Gasteiger partial charge in [-0.3, -0.25) is 0 Å². The number of halogens is 2. The molecule has 2 bridgehead atoms. The molecule has 0 radical (unpaired) electrons. The van der Waals surface area contributed by atoms with Gasteiger partial charge in [0.15, 0.2) is 0 Å². The van der Waals surface area contributed by atoms with Crippen molar-refractivity contribution in [1.82, 2.24) is 9.80 Å². The van der Waals surface area contributed by atoms with Gasteiger partial charge in [0.05, 0.1) is 12.6 Å². The molecule has 0 N–H and O–H groups in total. The average Bonchev–Trinajstić information content (AvgIpc) is 3.29. The lowest BCUT2D eigenvalue weighted by molar-refractivity contribution is -0.0982. The second kappa shape index (κ2) is 7.30. The van der Waals surface area contributed by atoms with Crippen LogP contribution in [-0.2, 0) is 11.2 Å². The Kier molecular flexibility index (Phi) is 4.53. The summed E-state index contributed by atoms with van der Waals surface area (Å²) in [5, 5.41) is 0. The molecular formula is C25H27F2N3O. The van der Waals surface area contributed by atoms with Gasteiger partial charge in [-0.25, -0.2) is 13.8 Å². The molecule has 5 aliphatic heterocycles. The van der Waals surface area contributed by atoms with E-state index in [1.165, 1.54) is 23.3 Å². The molecule has 162 valence electrons. The summed E-state index contributed by atoms with van der Waals surface area (Å²) >= 11 is 0. The molecule has 31 heavy (non-hydrogen) atoms. The molecular weight excluding hydrogens is 396 g/mol. The van der Waals surface area contributed by atoms with Gasteiger partial charge in [-0.2, -0.15) is 0 Å². The van der Waals surface area contributed by atoms with Crippen molar-refractivity contribution in [3.8, 4) is 0 Å². The highest BCUT2D eigenvalue weighted by Gasteiger charge is 2.53. The lowest BCUT2D eigenvalue weighted by atomic mass is 9.73. The van der Waals surface area contributed by atoms with Gasteiger partial charge >= 0.3 is 0 Å². The molecule has 5 aliphatic rings. The van der Waals surface area contributed by atoms with Crippen molar-refractivity contribution >= 4 is 6.02 Å². The fourth-order valence-corrected chi connectivity index (χ4v) is 5.89. The number of amidine groups is 1. The average molecular weight is 424 g/mol. The molecule has 0 saturated carbocycles. The van der Waals surface area contributed by atoms with Crippen molar-refractivity contribution in [1.29, 1.82) is 0 Å². The Bertz CT molecular complexity index is 1000. The van der Waals surface area contributed by atoms with Gasteiger partial charge in [-0.05, 0) is 48.1 Å². The van der Waals surface area contributed by atoms with Crippen LogP contribution in [0.15, 0.2) is 53.5 Å². The molecule has 4 nitrogen and oxygen atoms in total. The van der Waals surface area contributed by atoms with E-state index in [1.807, 2.05) is 18.2 Å². The van der Waals surface area contributed by atoms with E-state index in [2.05, 4.69) is 28.0 Å². The molecule has 2 aromatic carbocycles. The van der Waals surface area contributed by atoms with E-state index in [0.29, 0.717) is 25.4 Å². The van der Waals surface area contributed by atoms with E-state index < -0.39 is 5.67 Å². The Morgan fingerprint density at radius 2 is 1.77 bits per heavy atom. The van der Waals surface area contributed by atoms with Crippen molar-refractivity contribution < 1.29 is 13.5 Å². The smallest absolute Gasteiger partial charge is 0.288 e. The number of alkyl halides is 1. The summed E-state index contributed by atoms with van der Waals surface area (Å²) in [7, 11) is 0. The van der Waals surface area contributed by atoms with Gasteiger partial charge in [0.1, 0.15) is 17.6 Å². The topological polar surface area (TPSA) is 28.1 Å². The maximum absolute atomic E-state index is 15.6. The molecule has 3 fully saturated rings. The Morgan fingerprint density at radius 1 is 1.00 bits per heavy atom. The molecule has 1 unspecified atom stereocenters. The molecule has 0 spiro atoms. The minimum absolute atomic E-state index is 0.0889. The number of benzene rings is 2. The van der Waals surface area contributed by atoms with Gasteiger partial charge in [0.25, 0.3) is 6.02 Å². The fraction of sp³-hybridized carbons (Fsp3) is 0.480. The van der Waals surface area contributed by atoms with Crippen LogP contribution in [0.5, 0.6) is 0 Å². The van der Waals surface area contributed by atoms with Gasteiger partial charge < -0.3 is 14.5 Å². The lowest BCUT2D eigenvalue weighted by Gasteiger charge is -2.50. The first-order valence-corrected chi connectivity index (χ1v) is 11.3. The summed E-state index contributed by atoms with van der Waals surface area (Å²) in [6.45, 7) is 3.73. The van der Waals surface area contributed by atoms with Crippen LogP contribution in [0.4, 0.5) is 8.78 Å². The van der Waals surface area contributed by atoms with Crippen molar-refractivity contribution in [3.05, 3.63) is 71.0 Å². The maximum atomic E-state index is 15.6. The second-order valence-electron chi connectivity index (χ2n) is 9.32. The number of nitrogens with zero attached hydrogens (tertiary/aromatic N) is 3. The van der Waals surface area contributed by atoms with E-state index in [4.69, 9.17) is 9.73 Å². The molecule has 3 saturated heterocycles. The number of hydrogen-bond donors (Lipinski definition) is 0.